The van der Waals surface area contributed by atoms with E-state index < -0.39 is 7.37 Å². The van der Waals surface area contributed by atoms with Crippen LogP contribution < -0.4 is 4.89 Å². The van der Waals surface area contributed by atoms with E-state index in [1.165, 1.54) is 0 Å². The summed E-state index contributed by atoms with van der Waals surface area (Å²) >= 11 is 0. The first-order valence-corrected chi connectivity index (χ1v) is 3.98. The summed E-state index contributed by atoms with van der Waals surface area (Å²) in [6.07, 6.45) is 0. The van der Waals surface area contributed by atoms with Gasteiger partial charge in [-0.3, -0.25) is 6.66 Å². The SMILES string of the molecule is [CH2-]P(=O)([O-])C[B]C.[W+2]. The molecule has 0 fully saturated rings. The summed E-state index contributed by atoms with van der Waals surface area (Å²) in [6, 6.07) is 0.104. The first-order chi connectivity index (χ1) is 3.06. The van der Waals surface area contributed by atoms with E-state index in [0.717, 1.165) is 0 Å². The standard InChI is InChI=1S/C3H8BO2P.W/c1-4-3-7(2,5)6;/h2-3H2,1H3,(H,5,6);/q-1;+2/p-1. The van der Waals surface area contributed by atoms with Gasteiger partial charge in [-0.15, -0.1) is 7.37 Å². The molecule has 0 aliphatic heterocycles. The monoisotopic (exact) mass is 301 g/mol. The van der Waals surface area contributed by atoms with Crippen LogP contribution in [0.3, 0.4) is 0 Å². The minimum atomic E-state index is -3.22. The third-order valence-electron chi connectivity index (χ3n) is 0.461. The van der Waals surface area contributed by atoms with E-state index in [2.05, 4.69) is 6.66 Å². The average molecular weight is 301 g/mol. The van der Waals surface area contributed by atoms with Gasteiger partial charge in [0.2, 0.25) is 0 Å². The van der Waals surface area contributed by atoms with E-state index in [-0.39, 0.29) is 27.1 Å². The van der Waals surface area contributed by atoms with Crippen molar-refractivity contribution in [2.24, 2.45) is 0 Å². The summed E-state index contributed by atoms with van der Waals surface area (Å²) < 4.78 is 10.1. The van der Waals surface area contributed by atoms with Crippen molar-refractivity contribution in [2.45, 2.75) is 6.82 Å². The van der Waals surface area contributed by atoms with Crippen molar-refractivity contribution in [3.05, 3.63) is 6.66 Å². The van der Waals surface area contributed by atoms with Crippen LogP contribution in [-0.4, -0.2) is 13.3 Å². The van der Waals surface area contributed by atoms with Gasteiger partial charge < -0.3 is 9.46 Å². The van der Waals surface area contributed by atoms with Gasteiger partial charge >= 0.3 is 21.1 Å². The molecule has 1 unspecified atom stereocenters. The van der Waals surface area contributed by atoms with E-state index >= 15 is 0 Å². The molecule has 0 heterocycles. The van der Waals surface area contributed by atoms with Crippen molar-refractivity contribution in [1.29, 1.82) is 0 Å². The molecular formula is C3H7BO2PW. The Balaban J connectivity index is 0. The van der Waals surface area contributed by atoms with Gasteiger partial charge in [-0.25, -0.2) is 0 Å². The van der Waals surface area contributed by atoms with E-state index in [4.69, 9.17) is 0 Å². The molecule has 0 aromatic carbocycles. The Morgan fingerprint density at radius 1 is 1.88 bits per heavy atom. The molecule has 1 atom stereocenters. The molecule has 0 saturated carbocycles. The van der Waals surface area contributed by atoms with Gasteiger partial charge in [0.15, 0.2) is 0 Å². The first kappa shape index (κ1) is 11.7. The van der Waals surface area contributed by atoms with E-state index in [1.54, 1.807) is 14.1 Å². The maximum Gasteiger partial charge on any atom is 2.00 e. The molecule has 5 heteroatoms. The molecule has 0 spiro atoms. The van der Waals surface area contributed by atoms with Crippen LogP contribution in [0.5, 0.6) is 0 Å². The summed E-state index contributed by atoms with van der Waals surface area (Å²) in [5.41, 5.74) is 0. The van der Waals surface area contributed by atoms with Crippen LogP contribution in [-0.2, 0) is 25.6 Å². The molecule has 0 aromatic rings. The van der Waals surface area contributed by atoms with E-state index in [0.29, 0.717) is 0 Å². The maximum absolute atomic E-state index is 10.1. The fourth-order valence-corrected chi connectivity index (χ4v) is 0.835. The quantitative estimate of drug-likeness (QED) is 0.413. The van der Waals surface area contributed by atoms with Crippen LogP contribution in [0.4, 0.5) is 0 Å². The van der Waals surface area contributed by atoms with Crippen LogP contribution in [0.15, 0.2) is 0 Å². The van der Waals surface area contributed by atoms with E-state index in [9.17, 15) is 9.46 Å². The van der Waals surface area contributed by atoms with Crippen molar-refractivity contribution in [1.82, 2.24) is 0 Å². The molecule has 45 valence electrons. The minimum Gasteiger partial charge on any atom is -0.823 e. The summed E-state index contributed by atoms with van der Waals surface area (Å²) in [4.78, 5) is 10.1. The molecule has 0 rings (SSSR count). The zero-order chi connectivity index (χ0) is 5.91. The molecular weight excluding hydrogens is 294 g/mol. The maximum atomic E-state index is 10.1. The predicted octanol–water partition coefficient (Wildman–Crippen LogP) is 0.124. The van der Waals surface area contributed by atoms with Crippen LogP contribution in [0.1, 0.15) is 0 Å². The topological polar surface area (TPSA) is 40.1 Å². The van der Waals surface area contributed by atoms with Crippen LogP contribution in [0.2, 0.25) is 6.82 Å². The molecule has 0 saturated heterocycles. The third kappa shape index (κ3) is 10.0. The Kier molecular flexibility index (Phi) is 7.01. The van der Waals surface area contributed by atoms with Gasteiger partial charge in [0.1, 0.15) is 7.28 Å². The van der Waals surface area contributed by atoms with Gasteiger partial charge in [-0.05, 0) is 0 Å². The normalized spacial score (nSPS) is 15.9. The molecule has 0 aliphatic carbocycles. The summed E-state index contributed by atoms with van der Waals surface area (Å²) in [6.45, 7) is 4.62. The summed E-state index contributed by atoms with van der Waals surface area (Å²) in [5.74, 6) is 0. The van der Waals surface area contributed by atoms with Crippen LogP contribution in [0, 0.1) is 6.66 Å². The Morgan fingerprint density at radius 3 is 2.25 bits per heavy atom. The van der Waals surface area contributed by atoms with Gasteiger partial charge in [0, 0.05) is 0 Å². The fraction of sp³-hybridized carbons (Fsp3) is 0.667. The number of hydrogen-bond donors (Lipinski definition) is 0. The van der Waals surface area contributed by atoms with Gasteiger partial charge in [0.25, 0.3) is 0 Å². The average Bonchev–Trinajstić information content (AvgIpc) is 1.30. The molecule has 1 radical (unpaired) electrons. The van der Waals surface area contributed by atoms with Gasteiger partial charge in [0.05, 0.1) is 0 Å². The minimum absolute atomic E-state index is 0. The zero-order valence-corrected chi connectivity index (χ0v) is 8.49. The second-order valence-electron chi connectivity index (χ2n) is 1.41. The Hall–Kier alpha value is 0.943. The zero-order valence-electron chi connectivity index (χ0n) is 4.66. The molecule has 0 bridgehead atoms. The largest absolute Gasteiger partial charge is 2.00 e. The molecule has 0 aromatic heterocycles. The molecule has 0 aliphatic rings. The van der Waals surface area contributed by atoms with Crippen molar-refractivity contribution in [2.75, 3.05) is 6.06 Å². The second kappa shape index (κ2) is 4.79. The molecule has 0 N–H and O–H groups in total. The van der Waals surface area contributed by atoms with Crippen molar-refractivity contribution in [3.8, 4) is 0 Å². The number of hydrogen-bond acceptors (Lipinski definition) is 2. The Labute approximate surface area is 65.0 Å². The second-order valence-corrected chi connectivity index (χ2v) is 3.40. The Morgan fingerprint density at radius 2 is 2.25 bits per heavy atom. The van der Waals surface area contributed by atoms with Crippen molar-refractivity contribution in [3.63, 3.8) is 0 Å². The first-order valence-electron chi connectivity index (χ1n) is 1.98. The summed E-state index contributed by atoms with van der Waals surface area (Å²) in [5, 5.41) is 0. The van der Waals surface area contributed by atoms with Crippen LogP contribution >= 0.6 is 7.37 Å². The smallest absolute Gasteiger partial charge is 0.823 e. The molecule has 2 nitrogen and oxygen atoms in total. The predicted molar refractivity (Wildman–Crippen MR) is 29.4 cm³/mol. The summed E-state index contributed by atoms with van der Waals surface area (Å²) in [7, 11) is -1.65. The van der Waals surface area contributed by atoms with Crippen LogP contribution in [0.25, 0.3) is 0 Å². The molecule has 8 heavy (non-hydrogen) atoms. The Bertz CT molecular complexity index is 91.3. The van der Waals surface area contributed by atoms with Gasteiger partial charge in [-0.1, -0.05) is 12.9 Å². The molecule has 0 amide bonds. The third-order valence-corrected chi connectivity index (χ3v) is 1.38. The van der Waals surface area contributed by atoms with Gasteiger partial charge in [-0.2, -0.15) is 0 Å². The fourth-order valence-electron chi connectivity index (χ4n) is 0.278. The van der Waals surface area contributed by atoms with Crippen molar-refractivity contribution >= 4 is 14.6 Å². The van der Waals surface area contributed by atoms with E-state index in [1.807, 2.05) is 0 Å². The van der Waals surface area contributed by atoms with Crippen molar-refractivity contribution < 1.29 is 30.5 Å². The number of rotatable bonds is 2.